The van der Waals surface area contributed by atoms with Crippen LogP contribution in [0.2, 0.25) is 10.0 Å². The molecule has 15 heteroatoms. The smallest absolute Gasteiger partial charge is 0.456 e. The minimum Gasteiger partial charge on any atom is -0.456 e. The fourth-order valence-corrected chi connectivity index (χ4v) is 3.16. The van der Waals surface area contributed by atoms with Gasteiger partial charge in [-0.2, -0.15) is 8.78 Å². The number of hydrogen-bond acceptors (Lipinski definition) is 5. The lowest BCUT2D eigenvalue weighted by Gasteiger charge is -2.22. The first-order valence-electron chi connectivity index (χ1n) is 10.1. The third-order valence-corrected chi connectivity index (χ3v) is 4.97. The second-order valence-corrected chi connectivity index (χ2v) is 7.96. The molecule has 3 amide bonds. The van der Waals surface area contributed by atoms with Gasteiger partial charge in [-0.3, -0.25) is 10.1 Å². The van der Waals surface area contributed by atoms with Crippen molar-refractivity contribution in [3.05, 3.63) is 82.3 Å². The van der Waals surface area contributed by atoms with Gasteiger partial charge in [0.05, 0.1) is 15.6 Å². The molecule has 1 atom stereocenters. The van der Waals surface area contributed by atoms with E-state index in [4.69, 9.17) is 27.9 Å². The van der Waals surface area contributed by atoms with E-state index < -0.39 is 36.5 Å². The molecule has 3 rings (SSSR count). The number of anilines is 1. The Bertz CT molecular complexity index is 1310. The summed E-state index contributed by atoms with van der Waals surface area (Å²) in [7, 11) is 0. The molecule has 0 aliphatic rings. The van der Waals surface area contributed by atoms with Gasteiger partial charge in [-0.05, 0) is 48.5 Å². The lowest BCUT2D eigenvalue weighted by atomic mass is 10.2. The van der Waals surface area contributed by atoms with E-state index in [1.165, 1.54) is 36.4 Å². The Morgan fingerprint density at radius 3 is 2.08 bits per heavy atom. The largest absolute Gasteiger partial charge is 0.525 e. The lowest BCUT2D eigenvalue weighted by Crippen LogP contribution is -2.41. The zero-order chi connectivity index (χ0) is 28.1. The Hall–Kier alpha value is -3.68. The third-order valence-electron chi connectivity index (χ3n) is 4.34. The minimum absolute atomic E-state index is 0.0746. The molecule has 2 N–H and O–H groups in total. The SMILES string of the molecule is O=C(NC(=O)c1ccccc1Cl)Nc1ccc(Oc2ccc(OC(F)(F)C(F)OC(F)(F)F)cc2Cl)cc1. The number of rotatable bonds is 8. The Kier molecular flexibility index (Phi) is 8.97. The number of ether oxygens (including phenoxy) is 3. The fraction of sp³-hybridized carbons (Fsp3) is 0.130. The van der Waals surface area contributed by atoms with E-state index in [-0.39, 0.29) is 32.8 Å². The fourth-order valence-electron chi connectivity index (χ4n) is 2.73. The molecule has 202 valence electrons. The van der Waals surface area contributed by atoms with Gasteiger partial charge in [0.25, 0.3) is 5.91 Å². The highest BCUT2D eigenvalue weighted by atomic mass is 35.5. The van der Waals surface area contributed by atoms with Gasteiger partial charge < -0.3 is 14.8 Å². The molecule has 1 unspecified atom stereocenters. The molecular formula is C23H14Cl2F6N2O5. The number of nitrogens with one attached hydrogen (secondary N) is 2. The van der Waals surface area contributed by atoms with Crippen LogP contribution in [0.25, 0.3) is 0 Å². The van der Waals surface area contributed by atoms with Crippen molar-refractivity contribution < 1.29 is 50.1 Å². The summed E-state index contributed by atoms with van der Waals surface area (Å²) in [5.41, 5.74) is 0.366. The molecule has 0 saturated carbocycles. The molecule has 0 aliphatic heterocycles. The van der Waals surface area contributed by atoms with E-state index in [2.05, 4.69) is 20.1 Å². The predicted molar refractivity (Wildman–Crippen MR) is 124 cm³/mol. The van der Waals surface area contributed by atoms with Gasteiger partial charge in [-0.1, -0.05) is 35.3 Å². The first kappa shape index (κ1) is 28.9. The Morgan fingerprint density at radius 2 is 1.47 bits per heavy atom. The number of alkyl halides is 6. The van der Waals surface area contributed by atoms with Crippen LogP contribution in [0.1, 0.15) is 10.4 Å². The highest BCUT2D eigenvalue weighted by Gasteiger charge is 2.50. The quantitative estimate of drug-likeness (QED) is 0.268. The summed E-state index contributed by atoms with van der Waals surface area (Å²) in [6.45, 7) is 0. The summed E-state index contributed by atoms with van der Waals surface area (Å²) in [5.74, 6) is -1.39. The molecule has 0 aliphatic carbocycles. The molecule has 38 heavy (non-hydrogen) atoms. The van der Waals surface area contributed by atoms with Gasteiger partial charge in [-0.15, -0.1) is 13.2 Å². The number of benzene rings is 3. The molecule has 0 heterocycles. The molecule has 0 fully saturated rings. The van der Waals surface area contributed by atoms with E-state index >= 15 is 0 Å². The number of halogens is 8. The number of urea groups is 1. The summed E-state index contributed by atoms with van der Waals surface area (Å²) < 4.78 is 88.3. The van der Waals surface area contributed by atoms with E-state index in [0.717, 1.165) is 18.2 Å². The van der Waals surface area contributed by atoms with Crippen LogP contribution in [0.3, 0.4) is 0 Å². The molecule has 0 radical (unpaired) electrons. The van der Waals surface area contributed by atoms with Gasteiger partial charge in [0.15, 0.2) is 0 Å². The molecule has 0 aromatic heterocycles. The minimum atomic E-state index is -5.65. The molecule has 3 aromatic rings. The van der Waals surface area contributed by atoms with Crippen molar-refractivity contribution >= 4 is 40.8 Å². The summed E-state index contributed by atoms with van der Waals surface area (Å²) in [6, 6.07) is 13.5. The van der Waals surface area contributed by atoms with Gasteiger partial charge in [0.1, 0.15) is 17.2 Å². The summed E-state index contributed by atoms with van der Waals surface area (Å²) in [5, 5.41) is 4.39. The maximum atomic E-state index is 13.6. The highest BCUT2D eigenvalue weighted by molar-refractivity contribution is 6.34. The second kappa shape index (κ2) is 11.8. The van der Waals surface area contributed by atoms with E-state index in [0.29, 0.717) is 0 Å². The van der Waals surface area contributed by atoms with E-state index in [9.17, 15) is 35.9 Å². The van der Waals surface area contributed by atoms with Crippen molar-refractivity contribution in [3.8, 4) is 17.2 Å². The van der Waals surface area contributed by atoms with E-state index in [1.807, 2.05) is 0 Å². The van der Waals surface area contributed by atoms with Crippen LogP contribution in [0.5, 0.6) is 17.2 Å². The van der Waals surface area contributed by atoms with Crippen molar-refractivity contribution in [3.63, 3.8) is 0 Å². The third kappa shape index (κ3) is 8.16. The van der Waals surface area contributed by atoms with Crippen LogP contribution >= 0.6 is 23.2 Å². The van der Waals surface area contributed by atoms with E-state index in [1.54, 1.807) is 12.1 Å². The molecule has 0 saturated heterocycles. The Labute approximate surface area is 220 Å². The van der Waals surface area contributed by atoms with Crippen LogP contribution < -0.4 is 20.1 Å². The lowest BCUT2D eigenvalue weighted by molar-refractivity contribution is -0.411. The average Bonchev–Trinajstić information content (AvgIpc) is 2.81. The summed E-state index contributed by atoms with van der Waals surface area (Å²) in [6.07, 6.45) is -14.8. The van der Waals surface area contributed by atoms with Crippen molar-refractivity contribution in [1.82, 2.24) is 5.32 Å². The number of amides is 3. The van der Waals surface area contributed by atoms with Crippen molar-refractivity contribution in [2.45, 2.75) is 18.8 Å². The number of carbonyl (C=O) groups excluding carboxylic acids is 2. The maximum Gasteiger partial charge on any atom is 0.525 e. The topological polar surface area (TPSA) is 85.9 Å². The normalized spacial score (nSPS) is 12.4. The zero-order valence-corrected chi connectivity index (χ0v) is 20.0. The molecule has 0 bridgehead atoms. The van der Waals surface area contributed by atoms with Crippen molar-refractivity contribution in [2.75, 3.05) is 5.32 Å². The predicted octanol–water partition coefficient (Wildman–Crippen LogP) is 7.55. The van der Waals surface area contributed by atoms with Gasteiger partial charge in [-0.25, -0.2) is 13.9 Å². The van der Waals surface area contributed by atoms with Crippen molar-refractivity contribution in [1.29, 1.82) is 0 Å². The monoisotopic (exact) mass is 582 g/mol. The van der Waals surface area contributed by atoms with Gasteiger partial charge in [0.2, 0.25) is 0 Å². The van der Waals surface area contributed by atoms with Gasteiger partial charge in [0, 0.05) is 11.8 Å². The standard InChI is InChI=1S/C23H14Cl2F6N2O5/c24-16-4-2-1-3-15(16)19(34)33-21(35)32-12-5-7-13(8-6-12)36-18-10-9-14(11-17(18)25)37-22(27,28)20(26)38-23(29,30)31/h1-11,20H,(H2,32,33,34,35). The van der Waals surface area contributed by atoms with Crippen LogP contribution in [0.4, 0.5) is 36.8 Å². The summed E-state index contributed by atoms with van der Waals surface area (Å²) in [4.78, 5) is 24.2. The molecular weight excluding hydrogens is 569 g/mol. The van der Waals surface area contributed by atoms with Crippen LogP contribution in [-0.4, -0.2) is 30.8 Å². The molecule has 3 aromatic carbocycles. The Balaban J connectivity index is 1.58. The first-order valence-corrected chi connectivity index (χ1v) is 10.9. The number of hydrogen-bond donors (Lipinski definition) is 2. The van der Waals surface area contributed by atoms with Crippen LogP contribution in [-0.2, 0) is 4.74 Å². The maximum absolute atomic E-state index is 13.6. The highest BCUT2D eigenvalue weighted by Crippen LogP contribution is 2.36. The first-order chi connectivity index (χ1) is 17.7. The van der Waals surface area contributed by atoms with Crippen molar-refractivity contribution in [2.24, 2.45) is 0 Å². The zero-order valence-electron chi connectivity index (χ0n) is 18.5. The summed E-state index contributed by atoms with van der Waals surface area (Å²) >= 11 is 11.9. The second-order valence-electron chi connectivity index (χ2n) is 7.15. The Morgan fingerprint density at radius 1 is 0.842 bits per heavy atom. The average molecular weight is 583 g/mol. The van der Waals surface area contributed by atoms with Crippen LogP contribution in [0, 0.1) is 0 Å². The molecule has 7 nitrogen and oxygen atoms in total. The van der Waals surface area contributed by atoms with Crippen LogP contribution in [0.15, 0.2) is 66.7 Å². The number of carbonyl (C=O) groups is 2. The van der Waals surface area contributed by atoms with Gasteiger partial charge >= 0.3 is 24.9 Å². The molecule has 0 spiro atoms. The number of imide groups is 1.